The first-order chi connectivity index (χ1) is 7.33. The fourth-order valence-corrected chi connectivity index (χ4v) is 2.26. The molecule has 1 atom stereocenters. The fourth-order valence-electron chi connectivity index (χ4n) is 2.26. The molecule has 1 aromatic rings. The van der Waals surface area contributed by atoms with E-state index in [0.717, 1.165) is 5.69 Å². The Hall–Kier alpha value is -1.16. The maximum Gasteiger partial charge on any atom is 0.236 e. The molecule has 1 heterocycles. The average Bonchev–Trinajstić information content (AvgIpc) is 2.81. The summed E-state index contributed by atoms with van der Waals surface area (Å²) in [4.78, 5) is 8.41. The summed E-state index contributed by atoms with van der Waals surface area (Å²) in [6.45, 7) is 0. The summed E-state index contributed by atoms with van der Waals surface area (Å²) in [5.41, 5.74) is 6.99. The molecule has 1 aliphatic carbocycles. The van der Waals surface area contributed by atoms with Gasteiger partial charge in [0.05, 0.1) is 13.2 Å². The van der Waals surface area contributed by atoms with Crippen LogP contribution in [-0.2, 0) is 0 Å². The van der Waals surface area contributed by atoms with E-state index in [2.05, 4.69) is 9.97 Å². The summed E-state index contributed by atoms with van der Waals surface area (Å²) < 4.78 is 5.17. The minimum absolute atomic E-state index is 0.0313. The lowest BCUT2D eigenvalue weighted by atomic mass is 9.96. The van der Waals surface area contributed by atoms with Gasteiger partial charge in [0.1, 0.15) is 5.69 Å². The third-order valence-electron chi connectivity index (χ3n) is 3.11. The molecule has 2 rings (SSSR count). The van der Waals surface area contributed by atoms with Crippen molar-refractivity contribution >= 4 is 0 Å². The molecule has 1 fully saturated rings. The predicted molar refractivity (Wildman–Crippen MR) is 57.5 cm³/mol. The summed E-state index contributed by atoms with van der Waals surface area (Å²) in [5, 5.41) is 0. The highest BCUT2D eigenvalue weighted by atomic mass is 16.5. The van der Waals surface area contributed by atoms with Crippen LogP contribution in [0.1, 0.15) is 37.4 Å². The van der Waals surface area contributed by atoms with Crippen molar-refractivity contribution in [1.82, 2.24) is 9.97 Å². The maximum atomic E-state index is 6.19. The number of hydrogen-bond donors (Lipinski definition) is 1. The number of nitrogens with zero attached hydrogens (tertiary/aromatic N) is 2. The van der Waals surface area contributed by atoms with E-state index >= 15 is 0 Å². The first-order valence-electron chi connectivity index (χ1n) is 5.43. The van der Waals surface area contributed by atoms with Crippen LogP contribution in [0.5, 0.6) is 5.88 Å². The zero-order valence-electron chi connectivity index (χ0n) is 9.02. The first-order valence-corrected chi connectivity index (χ1v) is 5.43. The molecule has 4 nitrogen and oxygen atoms in total. The van der Waals surface area contributed by atoms with Crippen molar-refractivity contribution in [1.29, 1.82) is 0 Å². The summed E-state index contributed by atoms with van der Waals surface area (Å²) in [7, 11) is 1.61. The Labute approximate surface area is 89.9 Å². The molecule has 0 bridgehead atoms. The largest absolute Gasteiger partial charge is 0.480 e. The van der Waals surface area contributed by atoms with Crippen LogP contribution in [0, 0.1) is 5.92 Å². The van der Waals surface area contributed by atoms with Gasteiger partial charge in [0.25, 0.3) is 0 Å². The van der Waals surface area contributed by atoms with E-state index in [1.54, 1.807) is 19.5 Å². The smallest absolute Gasteiger partial charge is 0.236 e. The molecule has 1 unspecified atom stereocenters. The van der Waals surface area contributed by atoms with Crippen LogP contribution in [0.4, 0.5) is 0 Å². The fraction of sp³-hybridized carbons (Fsp3) is 0.636. The average molecular weight is 207 g/mol. The summed E-state index contributed by atoms with van der Waals surface area (Å²) in [6.07, 6.45) is 8.25. The Balaban J connectivity index is 2.19. The van der Waals surface area contributed by atoms with Crippen molar-refractivity contribution in [2.45, 2.75) is 31.7 Å². The van der Waals surface area contributed by atoms with E-state index in [-0.39, 0.29) is 6.04 Å². The number of aromatic nitrogens is 2. The molecule has 2 N–H and O–H groups in total. The Morgan fingerprint density at radius 2 is 2.00 bits per heavy atom. The van der Waals surface area contributed by atoms with Crippen LogP contribution < -0.4 is 10.5 Å². The molecule has 1 aromatic heterocycles. The molecule has 4 heteroatoms. The Bertz CT molecular complexity index is 323. The third-order valence-corrected chi connectivity index (χ3v) is 3.11. The van der Waals surface area contributed by atoms with Crippen LogP contribution in [0.2, 0.25) is 0 Å². The second-order valence-electron chi connectivity index (χ2n) is 4.02. The van der Waals surface area contributed by atoms with Gasteiger partial charge >= 0.3 is 0 Å². The van der Waals surface area contributed by atoms with E-state index in [1.807, 2.05) is 0 Å². The molecule has 15 heavy (non-hydrogen) atoms. The highest BCUT2D eigenvalue weighted by Gasteiger charge is 2.26. The topological polar surface area (TPSA) is 61.0 Å². The van der Waals surface area contributed by atoms with E-state index in [0.29, 0.717) is 11.8 Å². The lowest BCUT2D eigenvalue weighted by Crippen LogP contribution is -2.21. The van der Waals surface area contributed by atoms with Crippen molar-refractivity contribution in [3.05, 3.63) is 18.1 Å². The minimum atomic E-state index is -0.0313. The quantitative estimate of drug-likeness (QED) is 0.819. The second kappa shape index (κ2) is 4.57. The van der Waals surface area contributed by atoms with Crippen molar-refractivity contribution in [3.63, 3.8) is 0 Å². The Morgan fingerprint density at radius 3 is 2.67 bits per heavy atom. The molecule has 0 radical (unpaired) electrons. The first kappa shape index (κ1) is 10.4. The van der Waals surface area contributed by atoms with E-state index in [9.17, 15) is 0 Å². The zero-order valence-corrected chi connectivity index (χ0v) is 9.02. The van der Waals surface area contributed by atoms with E-state index in [4.69, 9.17) is 10.5 Å². The van der Waals surface area contributed by atoms with Crippen molar-refractivity contribution in [3.8, 4) is 5.88 Å². The van der Waals surface area contributed by atoms with Crippen molar-refractivity contribution in [2.75, 3.05) is 7.11 Å². The zero-order chi connectivity index (χ0) is 10.7. The van der Waals surface area contributed by atoms with Crippen LogP contribution in [0.3, 0.4) is 0 Å². The van der Waals surface area contributed by atoms with Crippen LogP contribution in [-0.4, -0.2) is 17.1 Å². The monoisotopic (exact) mass is 207 g/mol. The van der Waals surface area contributed by atoms with E-state index < -0.39 is 0 Å². The molecular formula is C11H17N3O. The predicted octanol–water partition coefficient (Wildman–Crippen LogP) is 1.68. The van der Waals surface area contributed by atoms with Gasteiger partial charge in [0.15, 0.2) is 0 Å². The molecular weight excluding hydrogens is 190 g/mol. The van der Waals surface area contributed by atoms with Crippen molar-refractivity contribution in [2.24, 2.45) is 11.7 Å². The summed E-state index contributed by atoms with van der Waals surface area (Å²) in [5.74, 6) is 1.10. The SMILES string of the molecule is COc1nccnc1C(N)C1CCCC1. The number of ether oxygens (including phenoxy) is 1. The molecule has 82 valence electrons. The maximum absolute atomic E-state index is 6.19. The van der Waals surface area contributed by atoms with Gasteiger partial charge in [0.2, 0.25) is 5.88 Å². The standard InChI is InChI=1S/C11H17N3O/c1-15-11-10(13-6-7-14-11)9(12)8-4-2-3-5-8/h6-9H,2-5,12H2,1H3. The molecule has 0 amide bonds. The van der Waals surface area contributed by atoms with E-state index in [1.165, 1.54) is 25.7 Å². The van der Waals surface area contributed by atoms with Crippen LogP contribution in [0.15, 0.2) is 12.4 Å². The van der Waals surface area contributed by atoms with Gasteiger partial charge in [-0.15, -0.1) is 0 Å². The normalized spacial score (nSPS) is 19.1. The van der Waals surface area contributed by atoms with Gasteiger partial charge in [0, 0.05) is 12.4 Å². The van der Waals surface area contributed by atoms with Gasteiger partial charge in [-0.25, -0.2) is 4.98 Å². The summed E-state index contributed by atoms with van der Waals surface area (Å²) >= 11 is 0. The molecule has 1 aliphatic rings. The second-order valence-corrected chi connectivity index (χ2v) is 4.02. The molecule has 0 aliphatic heterocycles. The highest BCUT2D eigenvalue weighted by molar-refractivity contribution is 5.21. The summed E-state index contributed by atoms with van der Waals surface area (Å²) in [6, 6.07) is -0.0313. The number of nitrogens with two attached hydrogens (primary N) is 1. The van der Waals surface area contributed by atoms with Gasteiger partial charge < -0.3 is 10.5 Å². The number of hydrogen-bond acceptors (Lipinski definition) is 4. The Kier molecular flexibility index (Phi) is 3.16. The highest BCUT2D eigenvalue weighted by Crippen LogP contribution is 2.35. The Morgan fingerprint density at radius 1 is 1.33 bits per heavy atom. The molecule has 0 saturated heterocycles. The van der Waals surface area contributed by atoms with Gasteiger partial charge in [-0.1, -0.05) is 12.8 Å². The number of rotatable bonds is 3. The molecule has 1 saturated carbocycles. The molecule has 0 aromatic carbocycles. The van der Waals surface area contributed by atoms with Crippen molar-refractivity contribution < 1.29 is 4.74 Å². The third kappa shape index (κ3) is 2.09. The van der Waals surface area contributed by atoms with Gasteiger partial charge in [-0.3, -0.25) is 4.98 Å². The lowest BCUT2D eigenvalue weighted by Gasteiger charge is -2.19. The number of methoxy groups -OCH3 is 1. The van der Waals surface area contributed by atoms with Gasteiger partial charge in [-0.05, 0) is 18.8 Å². The van der Waals surface area contributed by atoms with Crippen LogP contribution >= 0.6 is 0 Å². The van der Waals surface area contributed by atoms with Crippen LogP contribution in [0.25, 0.3) is 0 Å². The lowest BCUT2D eigenvalue weighted by molar-refractivity contribution is 0.364. The minimum Gasteiger partial charge on any atom is -0.480 e. The molecule has 0 spiro atoms. The van der Waals surface area contributed by atoms with Gasteiger partial charge in [-0.2, -0.15) is 0 Å².